The third-order valence-electron chi connectivity index (χ3n) is 4.53. The molecule has 5 atom stereocenters. The molecule has 32 heavy (non-hydrogen) atoms. The van der Waals surface area contributed by atoms with Crippen LogP contribution < -0.4 is 21.7 Å². The Morgan fingerprint density at radius 2 is 1.72 bits per heavy atom. The predicted octanol–water partition coefficient (Wildman–Crippen LogP) is -1.82. The summed E-state index contributed by atoms with van der Waals surface area (Å²) in [7, 11) is 0. The molecule has 1 aromatic heterocycles. The summed E-state index contributed by atoms with van der Waals surface area (Å²) >= 11 is 3.91. The number of thiol groups is 1. The highest BCUT2D eigenvalue weighted by Gasteiger charge is 2.32. The van der Waals surface area contributed by atoms with Crippen LogP contribution in [0.2, 0.25) is 0 Å². The minimum absolute atomic E-state index is 0.0379. The van der Waals surface area contributed by atoms with Gasteiger partial charge in [0.2, 0.25) is 17.7 Å². The Hall–Kier alpha value is -2.64. The second-order valence-corrected chi connectivity index (χ2v) is 8.25. The zero-order valence-corrected chi connectivity index (χ0v) is 19.1. The average molecular weight is 473 g/mol. The maximum absolute atomic E-state index is 12.8. The van der Waals surface area contributed by atoms with E-state index >= 15 is 0 Å². The van der Waals surface area contributed by atoms with Crippen molar-refractivity contribution in [3.8, 4) is 0 Å². The van der Waals surface area contributed by atoms with Gasteiger partial charge >= 0.3 is 5.97 Å². The fourth-order valence-electron chi connectivity index (χ4n) is 2.83. The lowest BCUT2D eigenvalue weighted by Crippen LogP contribution is -2.60. The van der Waals surface area contributed by atoms with Gasteiger partial charge in [0.25, 0.3) is 0 Å². The van der Waals surface area contributed by atoms with E-state index in [0.29, 0.717) is 12.1 Å². The Balaban J connectivity index is 2.98. The number of nitrogens with two attached hydrogens (primary N) is 1. The summed E-state index contributed by atoms with van der Waals surface area (Å²) < 4.78 is 0. The van der Waals surface area contributed by atoms with E-state index < -0.39 is 54.0 Å². The molecule has 0 aliphatic heterocycles. The van der Waals surface area contributed by atoms with Crippen molar-refractivity contribution in [1.82, 2.24) is 25.9 Å². The molecule has 13 heteroatoms. The SMILES string of the molecule is CC(C)CC(N)C(=O)NC(C(=O)NC(Cc1cnc[nH]1)C(=O)NC(CS)C(=O)O)C(C)O. The lowest BCUT2D eigenvalue weighted by molar-refractivity contribution is -0.141. The Morgan fingerprint density at radius 1 is 1.09 bits per heavy atom. The Bertz CT molecular complexity index is 772. The standard InChI is InChI=1S/C19H32N6O6S/c1-9(2)4-12(20)16(27)25-15(10(3)26)18(29)23-13(5-11-6-21-8-22-11)17(28)24-14(7-32)19(30)31/h6,8-10,12-15,26,32H,4-5,7,20H2,1-3H3,(H,21,22)(H,23,29)(H,24,28)(H,25,27)(H,30,31). The predicted molar refractivity (Wildman–Crippen MR) is 119 cm³/mol. The number of carboxylic acid groups (broad SMARTS) is 1. The molecule has 0 aromatic carbocycles. The molecule has 180 valence electrons. The van der Waals surface area contributed by atoms with E-state index in [9.17, 15) is 24.3 Å². The van der Waals surface area contributed by atoms with Gasteiger partial charge in [-0.1, -0.05) is 13.8 Å². The molecule has 0 bridgehead atoms. The van der Waals surface area contributed by atoms with Crippen molar-refractivity contribution in [2.75, 3.05) is 5.75 Å². The van der Waals surface area contributed by atoms with Crippen LogP contribution in [0.25, 0.3) is 0 Å². The van der Waals surface area contributed by atoms with E-state index in [1.54, 1.807) is 0 Å². The summed E-state index contributed by atoms with van der Waals surface area (Å²) in [5, 5.41) is 26.4. The number of carbonyl (C=O) groups is 4. The van der Waals surface area contributed by atoms with E-state index in [4.69, 9.17) is 10.8 Å². The van der Waals surface area contributed by atoms with Gasteiger partial charge in [-0.3, -0.25) is 14.4 Å². The van der Waals surface area contributed by atoms with Gasteiger partial charge in [0.1, 0.15) is 18.1 Å². The average Bonchev–Trinajstić information content (AvgIpc) is 3.21. The van der Waals surface area contributed by atoms with E-state index in [1.165, 1.54) is 19.4 Å². The van der Waals surface area contributed by atoms with Gasteiger partial charge in [0.05, 0.1) is 18.5 Å². The highest BCUT2D eigenvalue weighted by atomic mass is 32.1. The number of aromatic amines is 1. The molecule has 3 amide bonds. The summed E-state index contributed by atoms with van der Waals surface area (Å²) in [6.45, 7) is 5.09. The molecule has 0 radical (unpaired) electrons. The van der Waals surface area contributed by atoms with Gasteiger partial charge in [-0.15, -0.1) is 0 Å². The van der Waals surface area contributed by atoms with Crippen molar-refractivity contribution < 1.29 is 29.4 Å². The minimum Gasteiger partial charge on any atom is -0.480 e. The molecule has 12 nitrogen and oxygen atoms in total. The largest absolute Gasteiger partial charge is 0.480 e. The molecule has 0 aliphatic carbocycles. The minimum atomic E-state index is -1.38. The number of imidazole rings is 1. The summed E-state index contributed by atoms with van der Waals surface area (Å²) in [5.41, 5.74) is 6.34. The second kappa shape index (κ2) is 13.0. The molecule has 0 aliphatic rings. The fourth-order valence-corrected chi connectivity index (χ4v) is 3.07. The third-order valence-corrected chi connectivity index (χ3v) is 4.90. The molecule has 0 saturated heterocycles. The van der Waals surface area contributed by atoms with E-state index in [2.05, 4.69) is 38.5 Å². The number of rotatable bonds is 13. The van der Waals surface area contributed by atoms with Crippen LogP contribution in [0.3, 0.4) is 0 Å². The molecule has 1 rings (SSSR count). The van der Waals surface area contributed by atoms with Crippen molar-refractivity contribution in [3.63, 3.8) is 0 Å². The normalized spacial score (nSPS) is 15.8. The molecule has 0 spiro atoms. The van der Waals surface area contributed by atoms with Crippen LogP contribution in [-0.4, -0.2) is 79.9 Å². The number of aromatic nitrogens is 2. The summed E-state index contributed by atoms with van der Waals surface area (Å²) in [6.07, 6.45) is 1.88. The number of aliphatic hydroxyl groups excluding tert-OH is 1. The van der Waals surface area contributed by atoms with Crippen LogP contribution in [0, 0.1) is 5.92 Å². The highest BCUT2D eigenvalue weighted by molar-refractivity contribution is 7.80. The van der Waals surface area contributed by atoms with Crippen molar-refractivity contribution in [1.29, 1.82) is 0 Å². The second-order valence-electron chi connectivity index (χ2n) is 7.89. The zero-order valence-electron chi connectivity index (χ0n) is 18.2. The molecule has 1 heterocycles. The highest BCUT2D eigenvalue weighted by Crippen LogP contribution is 2.05. The van der Waals surface area contributed by atoms with E-state index in [1.807, 2.05) is 13.8 Å². The van der Waals surface area contributed by atoms with Crippen LogP contribution in [0.4, 0.5) is 0 Å². The van der Waals surface area contributed by atoms with E-state index in [-0.39, 0.29) is 18.1 Å². The van der Waals surface area contributed by atoms with Crippen LogP contribution >= 0.6 is 12.6 Å². The van der Waals surface area contributed by atoms with Crippen molar-refractivity contribution in [2.45, 2.75) is 63.9 Å². The summed E-state index contributed by atoms with van der Waals surface area (Å²) in [4.78, 5) is 55.7. The van der Waals surface area contributed by atoms with Gasteiger partial charge in [0.15, 0.2) is 0 Å². The van der Waals surface area contributed by atoms with Gasteiger partial charge in [-0.2, -0.15) is 12.6 Å². The first-order valence-electron chi connectivity index (χ1n) is 10.1. The number of aliphatic hydroxyl groups is 1. The maximum Gasteiger partial charge on any atom is 0.327 e. The Morgan fingerprint density at radius 3 is 2.19 bits per heavy atom. The van der Waals surface area contributed by atoms with Crippen molar-refractivity contribution in [2.24, 2.45) is 11.7 Å². The van der Waals surface area contributed by atoms with Crippen LogP contribution in [-0.2, 0) is 25.6 Å². The van der Waals surface area contributed by atoms with Crippen LogP contribution in [0.15, 0.2) is 12.5 Å². The number of nitrogens with one attached hydrogen (secondary N) is 4. The topological polar surface area (TPSA) is 200 Å². The zero-order chi connectivity index (χ0) is 24.4. The van der Waals surface area contributed by atoms with Crippen molar-refractivity contribution in [3.05, 3.63) is 18.2 Å². The summed E-state index contributed by atoms with van der Waals surface area (Å²) in [5.74, 6) is -3.52. The molecule has 1 aromatic rings. The molecule has 0 fully saturated rings. The van der Waals surface area contributed by atoms with Crippen LogP contribution in [0.1, 0.15) is 32.9 Å². The monoisotopic (exact) mass is 472 g/mol. The Kier molecular flexibility index (Phi) is 11.2. The number of carboxylic acids is 1. The van der Waals surface area contributed by atoms with Crippen LogP contribution in [0.5, 0.6) is 0 Å². The number of H-pyrrole nitrogens is 1. The molecule has 8 N–H and O–H groups in total. The smallest absolute Gasteiger partial charge is 0.327 e. The molecular weight excluding hydrogens is 440 g/mol. The first-order chi connectivity index (χ1) is 15.0. The number of carbonyl (C=O) groups excluding carboxylic acids is 3. The fraction of sp³-hybridized carbons (Fsp3) is 0.632. The molecular formula is C19H32N6O6S. The molecule has 5 unspecified atom stereocenters. The number of hydrogen-bond acceptors (Lipinski definition) is 8. The first-order valence-corrected chi connectivity index (χ1v) is 10.7. The van der Waals surface area contributed by atoms with Gasteiger partial charge in [-0.05, 0) is 19.3 Å². The molecule has 0 saturated carbocycles. The summed E-state index contributed by atoms with van der Waals surface area (Å²) in [6, 6.07) is -4.74. The number of hydrogen-bond donors (Lipinski definition) is 8. The lowest BCUT2D eigenvalue weighted by Gasteiger charge is -2.26. The maximum atomic E-state index is 12.8. The quantitative estimate of drug-likeness (QED) is 0.153. The van der Waals surface area contributed by atoms with Gasteiger partial charge in [-0.25, -0.2) is 9.78 Å². The lowest BCUT2D eigenvalue weighted by atomic mass is 10.0. The van der Waals surface area contributed by atoms with E-state index in [0.717, 1.165) is 0 Å². The number of amides is 3. The van der Waals surface area contributed by atoms with Gasteiger partial charge in [0, 0.05) is 24.1 Å². The number of nitrogens with zero attached hydrogens (tertiary/aromatic N) is 1. The van der Waals surface area contributed by atoms with Crippen molar-refractivity contribution >= 4 is 36.3 Å². The first kappa shape index (κ1) is 27.4. The van der Waals surface area contributed by atoms with Gasteiger partial charge < -0.3 is 36.9 Å². The Labute approximate surface area is 191 Å². The number of aliphatic carboxylic acids is 1. The third kappa shape index (κ3) is 8.85.